The van der Waals surface area contributed by atoms with Gasteiger partial charge in [-0.2, -0.15) is 0 Å². The number of piperidine rings is 1. The van der Waals surface area contributed by atoms with Crippen LogP contribution in [0.4, 0.5) is 5.69 Å². The maximum Gasteiger partial charge on any atom is 0.0425 e. The first kappa shape index (κ1) is 15.8. The molecule has 0 bridgehead atoms. The molecule has 1 saturated heterocycles. The van der Waals surface area contributed by atoms with Crippen molar-refractivity contribution in [1.82, 2.24) is 5.32 Å². The van der Waals surface area contributed by atoms with E-state index in [4.69, 9.17) is 0 Å². The molecule has 0 saturated carbocycles. The zero-order valence-electron chi connectivity index (χ0n) is 13.2. The minimum atomic E-state index is 0.401. The van der Waals surface area contributed by atoms with E-state index in [-0.39, 0.29) is 0 Å². The third-order valence-corrected chi connectivity index (χ3v) is 4.92. The third kappa shape index (κ3) is 3.76. The highest BCUT2D eigenvalue weighted by Crippen LogP contribution is 2.36. The fourth-order valence-corrected chi connectivity index (χ4v) is 3.27. The van der Waals surface area contributed by atoms with E-state index in [1.54, 1.807) is 0 Å². The summed E-state index contributed by atoms with van der Waals surface area (Å²) in [7, 11) is 0. The monoisotopic (exact) mass is 338 g/mol. The molecule has 1 aliphatic heterocycles. The van der Waals surface area contributed by atoms with Gasteiger partial charge in [0.25, 0.3) is 0 Å². The molecular formula is C17H27BrN2. The molecule has 2 nitrogen and oxygen atoms in total. The number of benzene rings is 1. The maximum absolute atomic E-state index is 3.63. The van der Waals surface area contributed by atoms with Gasteiger partial charge in [-0.05, 0) is 49.4 Å². The number of nitrogens with one attached hydrogen (secondary N) is 1. The average molecular weight is 339 g/mol. The molecular weight excluding hydrogens is 312 g/mol. The van der Waals surface area contributed by atoms with Gasteiger partial charge in [-0.1, -0.05) is 42.8 Å². The normalized spacial score (nSPS) is 19.9. The smallest absolute Gasteiger partial charge is 0.0425 e. The van der Waals surface area contributed by atoms with Crippen molar-refractivity contribution in [3.63, 3.8) is 0 Å². The van der Waals surface area contributed by atoms with Crippen molar-refractivity contribution in [2.24, 2.45) is 5.41 Å². The van der Waals surface area contributed by atoms with Gasteiger partial charge in [0.1, 0.15) is 0 Å². The molecule has 0 amide bonds. The Bertz CT molecular complexity index is 446. The first-order valence-corrected chi connectivity index (χ1v) is 8.50. The number of halogens is 1. The van der Waals surface area contributed by atoms with Crippen LogP contribution in [0.3, 0.4) is 0 Å². The van der Waals surface area contributed by atoms with Gasteiger partial charge in [-0.3, -0.25) is 0 Å². The molecule has 112 valence electrons. The highest BCUT2D eigenvalue weighted by molar-refractivity contribution is 9.10. The van der Waals surface area contributed by atoms with Crippen LogP contribution in [0.1, 0.15) is 52.1 Å². The summed E-state index contributed by atoms with van der Waals surface area (Å²) in [5.74, 6) is 0. The molecule has 0 aliphatic carbocycles. The van der Waals surface area contributed by atoms with Gasteiger partial charge in [0.05, 0.1) is 0 Å². The molecule has 1 atom stereocenters. The Balaban J connectivity index is 2.23. The molecule has 0 radical (unpaired) electrons. The van der Waals surface area contributed by atoms with Crippen LogP contribution in [-0.2, 0) is 0 Å². The number of hydrogen-bond acceptors (Lipinski definition) is 2. The van der Waals surface area contributed by atoms with Crippen molar-refractivity contribution in [1.29, 1.82) is 0 Å². The first-order valence-electron chi connectivity index (χ1n) is 7.71. The largest absolute Gasteiger partial charge is 0.371 e. The minimum Gasteiger partial charge on any atom is -0.371 e. The Morgan fingerprint density at radius 2 is 1.95 bits per heavy atom. The number of anilines is 1. The van der Waals surface area contributed by atoms with Crippen LogP contribution in [0.2, 0.25) is 0 Å². The van der Waals surface area contributed by atoms with E-state index < -0.39 is 0 Å². The van der Waals surface area contributed by atoms with E-state index in [2.05, 4.69) is 72.0 Å². The maximum atomic E-state index is 3.63. The second-order valence-electron chi connectivity index (χ2n) is 6.63. The Kier molecular flexibility index (Phi) is 5.14. The van der Waals surface area contributed by atoms with Gasteiger partial charge >= 0.3 is 0 Å². The Morgan fingerprint density at radius 3 is 2.55 bits per heavy atom. The lowest BCUT2D eigenvalue weighted by Gasteiger charge is -2.39. The van der Waals surface area contributed by atoms with E-state index in [9.17, 15) is 0 Å². The molecule has 1 aromatic carbocycles. The quantitative estimate of drug-likeness (QED) is 0.852. The lowest BCUT2D eigenvalue weighted by molar-refractivity contribution is 0.279. The summed E-state index contributed by atoms with van der Waals surface area (Å²) in [5.41, 5.74) is 3.30. The lowest BCUT2D eigenvalue weighted by atomic mass is 9.82. The summed E-state index contributed by atoms with van der Waals surface area (Å²) in [6, 6.07) is 7.09. The molecule has 0 spiro atoms. The van der Waals surface area contributed by atoms with Crippen molar-refractivity contribution in [2.75, 3.05) is 24.5 Å². The number of rotatable bonds is 4. The second-order valence-corrected chi connectivity index (χ2v) is 7.55. The van der Waals surface area contributed by atoms with Crippen LogP contribution in [0.5, 0.6) is 0 Å². The fraction of sp³-hybridized carbons (Fsp3) is 0.647. The predicted molar refractivity (Wildman–Crippen MR) is 91.5 cm³/mol. The summed E-state index contributed by atoms with van der Waals surface area (Å²) in [5, 5.41) is 3.53. The van der Waals surface area contributed by atoms with Crippen molar-refractivity contribution in [2.45, 2.75) is 46.6 Å². The van der Waals surface area contributed by atoms with E-state index in [1.807, 2.05) is 0 Å². The highest BCUT2D eigenvalue weighted by atomic mass is 79.9. The van der Waals surface area contributed by atoms with E-state index in [1.165, 1.54) is 28.6 Å². The highest BCUT2D eigenvalue weighted by Gasteiger charge is 2.27. The van der Waals surface area contributed by atoms with Gasteiger partial charge in [-0.15, -0.1) is 0 Å². The Hall–Kier alpha value is -0.540. The Morgan fingerprint density at radius 1 is 1.30 bits per heavy atom. The van der Waals surface area contributed by atoms with Crippen LogP contribution in [0.25, 0.3) is 0 Å². The van der Waals surface area contributed by atoms with Crippen molar-refractivity contribution >= 4 is 21.6 Å². The molecule has 1 heterocycles. The average Bonchev–Trinajstić information content (AvgIpc) is 2.38. The summed E-state index contributed by atoms with van der Waals surface area (Å²) in [6.45, 7) is 12.5. The topological polar surface area (TPSA) is 15.3 Å². The SMILES string of the molecule is CCNC(C)c1ccc(Br)cc1N1CCC(C)(C)CC1. The van der Waals surface area contributed by atoms with E-state index in [0.29, 0.717) is 11.5 Å². The lowest BCUT2D eigenvalue weighted by Crippen LogP contribution is -2.38. The Labute approximate surface area is 132 Å². The van der Waals surface area contributed by atoms with Crippen LogP contribution in [0.15, 0.2) is 22.7 Å². The summed E-state index contributed by atoms with van der Waals surface area (Å²) in [6.07, 6.45) is 2.54. The van der Waals surface area contributed by atoms with Crippen molar-refractivity contribution < 1.29 is 0 Å². The third-order valence-electron chi connectivity index (χ3n) is 4.43. The summed E-state index contributed by atoms with van der Waals surface area (Å²) < 4.78 is 1.17. The standard InChI is InChI=1S/C17H27BrN2/c1-5-19-13(2)15-7-6-14(18)12-16(15)20-10-8-17(3,4)9-11-20/h6-7,12-13,19H,5,8-11H2,1-4H3. The molecule has 1 aromatic rings. The molecule has 0 aromatic heterocycles. The molecule has 2 rings (SSSR count). The minimum absolute atomic E-state index is 0.401. The zero-order chi connectivity index (χ0) is 14.8. The molecule has 20 heavy (non-hydrogen) atoms. The van der Waals surface area contributed by atoms with Crippen molar-refractivity contribution in [3.8, 4) is 0 Å². The van der Waals surface area contributed by atoms with Gasteiger partial charge in [0.15, 0.2) is 0 Å². The molecule has 3 heteroatoms. The van der Waals surface area contributed by atoms with Gasteiger partial charge in [0.2, 0.25) is 0 Å². The van der Waals surface area contributed by atoms with Gasteiger partial charge < -0.3 is 10.2 Å². The molecule has 1 aliphatic rings. The predicted octanol–water partition coefficient (Wildman–Crippen LogP) is 4.75. The van der Waals surface area contributed by atoms with Crippen LogP contribution in [-0.4, -0.2) is 19.6 Å². The van der Waals surface area contributed by atoms with E-state index >= 15 is 0 Å². The van der Waals surface area contributed by atoms with Gasteiger partial charge in [-0.25, -0.2) is 0 Å². The van der Waals surface area contributed by atoms with Crippen LogP contribution >= 0.6 is 15.9 Å². The van der Waals surface area contributed by atoms with Crippen LogP contribution in [0, 0.1) is 5.41 Å². The summed E-state index contributed by atoms with van der Waals surface area (Å²) >= 11 is 3.63. The van der Waals surface area contributed by atoms with Gasteiger partial charge in [0, 0.05) is 29.3 Å². The first-order chi connectivity index (χ1) is 9.43. The molecule has 1 unspecified atom stereocenters. The zero-order valence-corrected chi connectivity index (χ0v) is 14.8. The molecule has 1 N–H and O–H groups in total. The number of nitrogens with zero attached hydrogens (tertiary/aromatic N) is 1. The number of hydrogen-bond donors (Lipinski definition) is 1. The second kappa shape index (κ2) is 6.48. The summed E-state index contributed by atoms with van der Waals surface area (Å²) in [4.78, 5) is 2.55. The van der Waals surface area contributed by atoms with Crippen molar-refractivity contribution in [3.05, 3.63) is 28.2 Å². The van der Waals surface area contributed by atoms with E-state index in [0.717, 1.165) is 19.6 Å². The van der Waals surface area contributed by atoms with Crippen LogP contribution < -0.4 is 10.2 Å². The fourth-order valence-electron chi connectivity index (χ4n) is 2.93. The molecule has 1 fully saturated rings.